The maximum Gasteiger partial charge on any atom is 0.247 e. The quantitative estimate of drug-likeness (QED) is 0.476. The Labute approximate surface area is 151 Å². The summed E-state index contributed by atoms with van der Waals surface area (Å²) in [5, 5.41) is 5.35. The molecule has 0 fully saturated rings. The van der Waals surface area contributed by atoms with Crippen LogP contribution >= 0.6 is 0 Å². The van der Waals surface area contributed by atoms with Crippen LogP contribution in [-0.2, 0) is 32.3 Å². The van der Waals surface area contributed by atoms with Crippen LogP contribution in [0.4, 0.5) is 0 Å². The minimum Gasteiger partial charge on any atom is -0.366 e. The van der Waals surface area contributed by atoms with E-state index in [0.717, 1.165) is 23.3 Å². The average molecular weight is 358 g/mol. The van der Waals surface area contributed by atoms with Crippen molar-refractivity contribution in [3.63, 3.8) is 0 Å². The number of benzene rings is 1. The molecule has 0 heterocycles. The summed E-state index contributed by atoms with van der Waals surface area (Å²) in [6, 6.07) is 7.25. The molecule has 8 nitrogen and oxygen atoms in total. The lowest BCUT2D eigenvalue weighted by molar-refractivity contribution is -0.118. The van der Waals surface area contributed by atoms with Crippen LogP contribution in [0.15, 0.2) is 47.6 Å². The molecule has 0 aromatic heterocycles. The average Bonchev–Trinajstić information content (AvgIpc) is 2.56. The molecule has 0 unspecified atom stereocenters. The Hall–Kier alpha value is -3.42. The van der Waals surface area contributed by atoms with E-state index >= 15 is 0 Å². The van der Waals surface area contributed by atoms with E-state index in [9.17, 15) is 19.2 Å². The number of rotatable bonds is 8. The van der Waals surface area contributed by atoms with E-state index in [2.05, 4.69) is 10.6 Å². The topological polar surface area (TPSA) is 144 Å². The van der Waals surface area contributed by atoms with E-state index in [1.54, 1.807) is 6.07 Å². The first-order valence-corrected chi connectivity index (χ1v) is 7.78. The number of primary amides is 2. The Balaban J connectivity index is 2.63. The highest BCUT2D eigenvalue weighted by Crippen LogP contribution is 2.06. The van der Waals surface area contributed by atoms with E-state index < -0.39 is 23.6 Å². The van der Waals surface area contributed by atoms with Crippen LogP contribution < -0.4 is 22.1 Å². The number of hydrogen-bond acceptors (Lipinski definition) is 4. The van der Waals surface area contributed by atoms with Gasteiger partial charge in [-0.2, -0.15) is 0 Å². The molecule has 8 heteroatoms. The maximum absolute atomic E-state index is 11.8. The summed E-state index contributed by atoms with van der Waals surface area (Å²) in [7, 11) is 0. The molecular formula is C18H22N4O4. The first-order chi connectivity index (χ1) is 12.2. The summed E-state index contributed by atoms with van der Waals surface area (Å²) >= 11 is 0. The first kappa shape index (κ1) is 20.6. The predicted molar refractivity (Wildman–Crippen MR) is 96.0 cm³/mol. The summed E-state index contributed by atoms with van der Waals surface area (Å²) in [5.41, 5.74) is 12.1. The third kappa shape index (κ3) is 7.43. The zero-order chi connectivity index (χ0) is 19.7. The lowest BCUT2D eigenvalue weighted by Gasteiger charge is -2.09. The molecule has 0 saturated heterocycles. The standard InChI is InChI=1S/C18H22N4O4/c1-11(6-15(19)23)17(25)21-9-13-4-3-5-14(8-13)10-22-18(26)12(2)7-16(20)24/h3-8H,9-10H2,1-2H3,(H2,19,23)(H2,20,24)(H,21,25)(H,22,26)/b11-6-,12-7-. The number of hydrogen-bond donors (Lipinski definition) is 4. The lowest BCUT2D eigenvalue weighted by atomic mass is 10.1. The molecule has 0 saturated carbocycles. The van der Waals surface area contributed by atoms with Gasteiger partial charge in [-0.05, 0) is 25.0 Å². The molecule has 0 aliphatic carbocycles. The molecule has 26 heavy (non-hydrogen) atoms. The predicted octanol–water partition coefficient (Wildman–Crippen LogP) is -0.218. The SMILES string of the molecule is C/C(=C/C(N)=O)C(=O)NCc1cccc(CNC(=O)/C(C)=C\C(N)=O)c1. The van der Waals surface area contributed by atoms with Gasteiger partial charge in [0.2, 0.25) is 23.6 Å². The van der Waals surface area contributed by atoms with Crippen molar-refractivity contribution in [2.45, 2.75) is 26.9 Å². The highest BCUT2D eigenvalue weighted by Gasteiger charge is 2.07. The van der Waals surface area contributed by atoms with Crippen molar-refractivity contribution in [3.05, 3.63) is 58.7 Å². The first-order valence-electron chi connectivity index (χ1n) is 7.78. The number of carbonyl (C=O) groups is 4. The van der Waals surface area contributed by atoms with Gasteiger partial charge in [-0.25, -0.2) is 0 Å². The van der Waals surface area contributed by atoms with Gasteiger partial charge < -0.3 is 22.1 Å². The summed E-state index contributed by atoms with van der Waals surface area (Å²) in [6.07, 6.45) is 2.12. The van der Waals surface area contributed by atoms with Gasteiger partial charge in [0.1, 0.15) is 0 Å². The van der Waals surface area contributed by atoms with Gasteiger partial charge in [0, 0.05) is 36.4 Å². The third-order valence-electron chi connectivity index (χ3n) is 3.33. The summed E-state index contributed by atoms with van der Waals surface area (Å²) in [4.78, 5) is 45.2. The molecule has 4 amide bonds. The van der Waals surface area contributed by atoms with Gasteiger partial charge in [-0.1, -0.05) is 24.3 Å². The fraction of sp³-hybridized carbons (Fsp3) is 0.222. The second kappa shape index (κ2) is 9.77. The Morgan fingerprint density at radius 1 is 0.846 bits per heavy atom. The van der Waals surface area contributed by atoms with Crippen LogP contribution in [0.1, 0.15) is 25.0 Å². The van der Waals surface area contributed by atoms with Crippen molar-refractivity contribution in [3.8, 4) is 0 Å². The normalized spacial score (nSPS) is 11.6. The number of nitrogens with two attached hydrogens (primary N) is 2. The minimum atomic E-state index is -0.684. The van der Waals surface area contributed by atoms with Gasteiger partial charge in [0.25, 0.3) is 0 Å². The van der Waals surface area contributed by atoms with Crippen LogP contribution in [0.5, 0.6) is 0 Å². The molecule has 0 bridgehead atoms. The smallest absolute Gasteiger partial charge is 0.247 e. The fourth-order valence-corrected chi connectivity index (χ4v) is 2.05. The van der Waals surface area contributed by atoms with E-state index in [1.807, 2.05) is 18.2 Å². The molecule has 6 N–H and O–H groups in total. The van der Waals surface area contributed by atoms with Crippen LogP contribution in [0, 0.1) is 0 Å². The second-order valence-corrected chi connectivity index (χ2v) is 5.64. The molecule has 0 aliphatic heterocycles. The number of carbonyl (C=O) groups excluding carboxylic acids is 4. The van der Waals surface area contributed by atoms with Gasteiger partial charge in [0.05, 0.1) is 0 Å². The van der Waals surface area contributed by atoms with Gasteiger partial charge in [-0.15, -0.1) is 0 Å². The van der Waals surface area contributed by atoms with Crippen molar-refractivity contribution >= 4 is 23.6 Å². The van der Waals surface area contributed by atoms with Crippen molar-refractivity contribution in [1.82, 2.24) is 10.6 Å². The van der Waals surface area contributed by atoms with E-state index in [4.69, 9.17) is 11.5 Å². The highest BCUT2D eigenvalue weighted by atomic mass is 16.2. The Morgan fingerprint density at radius 2 is 1.23 bits per heavy atom. The van der Waals surface area contributed by atoms with E-state index in [1.165, 1.54) is 13.8 Å². The molecule has 0 atom stereocenters. The van der Waals surface area contributed by atoms with Gasteiger partial charge in [0.15, 0.2) is 0 Å². The molecule has 1 aromatic rings. The summed E-state index contributed by atoms with van der Waals surface area (Å²) < 4.78 is 0. The van der Waals surface area contributed by atoms with Crippen LogP contribution in [0.2, 0.25) is 0 Å². The maximum atomic E-state index is 11.8. The van der Waals surface area contributed by atoms with Gasteiger partial charge >= 0.3 is 0 Å². The van der Waals surface area contributed by atoms with Crippen LogP contribution in [-0.4, -0.2) is 23.6 Å². The van der Waals surface area contributed by atoms with Crippen molar-refractivity contribution in [1.29, 1.82) is 0 Å². The Morgan fingerprint density at radius 3 is 1.58 bits per heavy atom. The van der Waals surface area contributed by atoms with Crippen molar-refractivity contribution in [2.75, 3.05) is 0 Å². The molecule has 0 spiro atoms. The summed E-state index contributed by atoms with van der Waals surface area (Å²) in [6.45, 7) is 3.50. The molecule has 1 aromatic carbocycles. The molecule has 0 aliphatic rings. The van der Waals surface area contributed by atoms with Crippen LogP contribution in [0.3, 0.4) is 0 Å². The number of amides is 4. The van der Waals surface area contributed by atoms with Crippen molar-refractivity contribution in [2.24, 2.45) is 11.5 Å². The lowest BCUT2D eigenvalue weighted by Crippen LogP contribution is -2.25. The van der Waals surface area contributed by atoms with E-state index in [-0.39, 0.29) is 24.2 Å². The fourth-order valence-electron chi connectivity index (χ4n) is 2.05. The zero-order valence-electron chi connectivity index (χ0n) is 14.7. The summed E-state index contributed by atoms with van der Waals surface area (Å²) in [5.74, 6) is -2.16. The van der Waals surface area contributed by atoms with Crippen LogP contribution in [0.25, 0.3) is 0 Å². The highest BCUT2D eigenvalue weighted by molar-refractivity contribution is 6.00. The molecule has 1 rings (SSSR count). The van der Waals surface area contributed by atoms with E-state index in [0.29, 0.717) is 0 Å². The monoisotopic (exact) mass is 358 g/mol. The minimum absolute atomic E-state index is 0.220. The zero-order valence-corrected chi connectivity index (χ0v) is 14.7. The van der Waals surface area contributed by atoms with Gasteiger partial charge in [-0.3, -0.25) is 19.2 Å². The third-order valence-corrected chi connectivity index (χ3v) is 3.33. The number of nitrogens with one attached hydrogen (secondary N) is 2. The Kier molecular flexibility index (Phi) is 7.75. The van der Waals surface area contributed by atoms with Crippen molar-refractivity contribution < 1.29 is 19.2 Å². The largest absolute Gasteiger partial charge is 0.366 e. The second-order valence-electron chi connectivity index (χ2n) is 5.64. The molecule has 0 radical (unpaired) electrons. The molecular weight excluding hydrogens is 336 g/mol. The Bertz CT molecular complexity index is 720. The molecule has 138 valence electrons.